The molecule has 0 amide bonds. The zero-order valence-corrected chi connectivity index (χ0v) is 7.97. The quantitative estimate of drug-likeness (QED) is 0.771. The maximum absolute atomic E-state index is 10.4. The lowest BCUT2D eigenvalue weighted by Crippen LogP contribution is -1.87. The van der Waals surface area contributed by atoms with Crippen LogP contribution in [-0.2, 0) is 0 Å². The first-order valence-corrected chi connectivity index (χ1v) is 4.15. The summed E-state index contributed by atoms with van der Waals surface area (Å²) in [5.74, 6) is 0.352. The molecule has 0 bridgehead atoms. The van der Waals surface area contributed by atoms with E-state index in [2.05, 4.69) is 26.1 Å². The third-order valence-electron chi connectivity index (χ3n) is 1.45. The second-order valence-electron chi connectivity index (χ2n) is 2.61. The number of aldehydes is 1. The number of nitrogens with zero attached hydrogens (tertiary/aromatic N) is 1. The molecule has 1 N–H and O–H groups in total. The molecule has 0 aliphatic heterocycles. The summed E-state index contributed by atoms with van der Waals surface area (Å²) in [5.41, 5.74) is 1.40. The van der Waals surface area contributed by atoms with Crippen LogP contribution in [0.3, 0.4) is 0 Å². The van der Waals surface area contributed by atoms with Crippen molar-refractivity contribution in [3.63, 3.8) is 0 Å². The standard InChI is InChI=1S/C7H9BrN2O/c1-4(2)7-6(8)5(3-11)9-10-7/h3-4H,1-2H3,(H,9,10). The summed E-state index contributed by atoms with van der Waals surface area (Å²) in [6, 6.07) is 0. The molecule has 0 aliphatic rings. The van der Waals surface area contributed by atoms with E-state index in [0.717, 1.165) is 16.5 Å². The fourth-order valence-electron chi connectivity index (χ4n) is 0.817. The first-order chi connectivity index (χ1) is 5.16. The van der Waals surface area contributed by atoms with Crippen molar-refractivity contribution in [2.45, 2.75) is 19.8 Å². The van der Waals surface area contributed by atoms with Crippen LogP contribution in [0.5, 0.6) is 0 Å². The average molecular weight is 217 g/mol. The van der Waals surface area contributed by atoms with Gasteiger partial charge >= 0.3 is 0 Å². The average Bonchev–Trinajstić information content (AvgIpc) is 2.30. The van der Waals surface area contributed by atoms with Gasteiger partial charge < -0.3 is 0 Å². The highest BCUT2D eigenvalue weighted by atomic mass is 79.9. The molecule has 0 radical (unpaired) electrons. The fraction of sp³-hybridized carbons (Fsp3) is 0.429. The lowest BCUT2D eigenvalue weighted by atomic mass is 10.1. The highest BCUT2D eigenvalue weighted by Crippen LogP contribution is 2.24. The number of H-pyrrole nitrogens is 1. The molecule has 0 saturated heterocycles. The van der Waals surface area contributed by atoms with Crippen molar-refractivity contribution in [3.8, 4) is 0 Å². The van der Waals surface area contributed by atoms with Crippen LogP contribution in [0.1, 0.15) is 35.9 Å². The van der Waals surface area contributed by atoms with Crippen molar-refractivity contribution in [1.82, 2.24) is 10.2 Å². The van der Waals surface area contributed by atoms with Crippen LogP contribution in [0.25, 0.3) is 0 Å². The topological polar surface area (TPSA) is 45.8 Å². The van der Waals surface area contributed by atoms with Crippen molar-refractivity contribution < 1.29 is 4.79 Å². The molecular formula is C7H9BrN2O. The lowest BCUT2D eigenvalue weighted by Gasteiger charge is -1.99. The largest absolute Gasteiger partial charge is 0.296 e. The van der Waals surface area contributed by atoms with E-state index in [0.29, 0.717) is 11.6 Å². The Kier molecular flexibility index (Phi) is 2.44. The normalized spacial score (nSPS) is 10.5. The molecule has 1 rings (SSSR count). The predicted octanol–water partition coefficient (Wildman–Crippen LogP) is 2.11. The monoisotopic (exact) mass is 216 g/mol. The van der Waals surface area contributed by atoms with Gasteiger partial charge in [-0.1, -0.05) is 13.8 Å². The van der Waals surface area contributed by atoms with E-state index in [1.807, 2.05) is 13.8 Å². The van der Waals surface area contributed by atoms with Crippen molar-refractivity contribution in [2.24, 2.45) is 0 Å². The number of carbonyl (C=O) groups excluding carboxylic acids is 1. The molecule has 4 heteroatoms. The minimum atomic E-state index is 0.352. The minimum absolute atomic E-state index is 0.352. The van der Waals surface area contributed by atoms with Gasteiger partial charge in [-0.2, -0.15) is 5.10 Å². The molecule has 0 aromatic carbocycles. The Morgan fingerprint density at radius 2 is 2.27 bits per heavy atom. The molecule has 3 nitrogen and oxygen atoms in total. The van der Waals surface area contributed by atoms with E-state index < -0.39 is 0 Å². The zero-order valence-electron chi connectivity index (χ0n) is 6.39. The van der Waals surface area contributed by atoms with Crippen molar-refractivity contribution in [3.05, 3.63) is 15.9 Å². The first kappa shape index (κ1) is 8.46. The summed E-state index contributed by atoms with van der Waals surface area (Å²) in [6.45, 7) is 4.07. The molecule has 0 saturated carbocycles. The van der Waals surface area contributed by atoms with E-state index in [4.69, 9.17) is 0 Å². The van der Waals surface area contributed by atoms with Crippen LogP contribution >= 0.6 is 15.9 Å². The molecule has 11 heavy (non-hydrogen) atoms. The van der Waals surface area contributed by atoms with E-state index in [1.54, 1.807) is 0 Å². The van der Waals surface area contributed by atoms with Gasteiger partial charge in [-0.25, -0.2) is 0 Å². The number of hydrogen-bond donors (Lipinski definition) is 1. The Balaban J connectivity index is 3.10. The Labute approximate surface area is 73.3 Å². The van der Waals surface area contributed by atoms with Gasteiger partial charge in [0.2, 0.25) is 0 Å². The van der Waals surface area contributed by atoms with Gasteiger partial charge in [0, 0.05) is 0 Å². The molecule has 1 aromatic heterocycles. The van der Waals surface area contributed by atoms with Crippen molar-refractivity contribution in [1.29, 1.82) is 0 Å². The molecule has 0 fully saturated rings. The molecule has 1 heterocycles. The SMILES string of the molecule is CC(C)c1[nH]nc(C=O)c1Br. The highest BCUT2D eigenvalue weighted by molar-refractivity contribution is 9.10. The summed E-state index contributed by atoms with van der Waals surface area (Å²) in [6.07, 6.45) is 0.729. The Morgan fingerprint density at radius 1 is 1.64 bits per heavy atom. The molecule has 0 spiro atoms. The summed E-state index contributed by atoms with van der Waals surface area (Å²) in [4.78, 5) is 10.4. The van der Waals surface area contributed by atoms with E-state index in [9.17, 15) is 4.79 Å². The third kappa shape index (κ3) is 1.50. The summed E-state index contributed by atoms with van der Waals surface area (Å²) < 4.78 is 0.780. The van der Waals surface area contributed by atoms with Crippen LogP contribution < -0.4 is 0 Å². The number of carbonyl (C=O) groups is 1. The molecule has 0 atom stereocenters. The summed E-state index contributed by atoms with van der Waals surface area (Å²) >= 11 is 3.29. The van der Waals surface area contributed by atoms with Gasteiger partial charge in [0.15, 0.2) is 6.29 Å². The molecule has 1 aromatic rings. The molecular weight excluding hydrogens is 208 g/mol. The maximum atomic E-state index is 10.4. The summed E-state index contributed by atoms with van der Waals surface area (Å²) in [7, 11) is 0. The molecule has 0 unspecified atom stereocenters. The second kappa shape index (κ2) is 3.17. The smallest absolute Gasteiger partial charge is 0.171 e. The van der Waals surface area contributed by atoms with Crippen molar-refractivity contribution in [2.75, 3.05) is 0 Å². The number of halogens is 1. The van der Waals surface area contributed by atoms with Gasteiger partial charge in [-0.3, -0.25) is 9.89 Å². The predicted molar refractivity (Wildman–Crippen MR) is 45.8 cm³/mol. The van der Waals surface area contributed by atoms with Gasteiger partial charge in [0.25, 0.3) is 0 Å². The van der Waals surface area contributed by atoms with Crippen LogP contribution in [0.15, 0.2) is 4.47 Å². The van der Waals surface area contributed by atoms with Gasteiger partial charge in [0.05, 0.1) is 10.2 Å². The highest BCUT2D eigenvalue weighted by Gasteiger charge is 2.11. The van der Waals surface area contributed by atoms with Gasteiger partial charge in [-0.05, 0) is 21.8 Å². The Bertz CT molecular complexity index is 267. The van der Waals surface area contributed by atoms with Crippen LogP contribution in [0, 0.1) is 0 Å². The number of nitrogens with one attached hydrogen (secondary N) is 1. The van der Waals surface area contributed by atoms with Crippen LogP contribution in [0.4, 0.5) is 0 Å². The Hall–Kier alpha value is -0.640. The molecule has 0 aliphatic carbocycles. The number of hydrogen-bond acceptors (Lipinski definition) is 2. The number of aromatic amines is 1. The maximum Gasteiger partial charge on any atom is 0.171 e. The molecule has 60 valence electrons. The number of aromatic nitrogens is 2. The zero-order chi connectivity index (χ0) is 8.43. The van der Waals surface area contributed by atoms with Crippen LogP contribution in [0.2, 0.25) is 0 Å². The van der Waals surface area contributed by atoms with Crippen molar-refractivity contribution >= 4 is 22.2 Å². The van der Waals surface area contributed by atoms with Gasteiger partial charge in [-0.15, -0.1) is 0 Å². The van der Waals surface area contributed by atoms with Crippen LogP contribution in [-0.4, -0.2) is 16.5 Å². The van der Waals surface area contributed by atoms with E-state index in [1.165, 1.54) is 0 Å². The number of rotatable bonds is 2. The van der Waals surface area contributed by atoms with E-state index >= 15 is 0 Å². The third-order valence-corrected chi connectivity index (χ3v) is 2.28. The second-order valence-corrected chi connectivity index (χ2v) is 3.40. The fourth-order valence-corrected chi connectivity index (χ4v) is 1.55. The van der Waals surface area contributed by atoms with Gasteiger partial charge in [0.1, 0.15) is 5.69 Å². The lowest BCUT2D eigenvalue weighted by molar-refractivity contribution is 0.111. The van der Waals surface area contributed by atoms with E-state index in [-0.39, 0.29) is 0 Å². The minimum Gasteiger partial charge on any atom is -0.296 e. The first-order valence-electron chi connectivity index (χ1n) is 3.35. The Morgan fingerprint density at radius 3 is 2.55 bits per heavy atom. The summed E-state index contributed by atoms with van der Waals surface area (Å²) in [5, 5.41) is 6.61.